The average Bonchev–Trinajstić information content (AvgIpc) is 3.06. The fourth-order valence-electron chi connectivity index (χ4n) is 1.94. The summed E-state index contributed by atoms with van der Waals surface area (Å²) in [5, 5.41) is 11.3. The molecule has 3 aromatic rings. The molecule has 2 heterocycles. The minimum atomic E-state index is -0.114. The Balaban J connectivity index is 1.53. The van der Waals surface area contributed by atoms with E-state index in [2.05, 4.69) is 15.5 Å². The highest BCUT2D eigenvalue weighted by atomic mass is 16.3. The van der Waals surface area contributed by atoms with Crippen molar-refractivity contribution < 1.29 is 9.21 Å². The quantitative estimate of drug-likeness (QED) is 0.760. The molecule has 0 saturated heterocycles. The van der Waals surface area contributed by atoms with Crippen LogP contribution in [0.4, 0.5) is 0 Å². The topological polar surface area (TPSA) is 73.0 Å². The number of rotatable bonds is 5. The number of benzene rings is 1. The SMILES string of the molecule is O=C(Cn1nc2ccccc2n1)NCCc1ccco1. The summed E-state index contributed by atoms with van der Waals surface area (Å²) in [6.07, 6.45) is 2.30. The number of furan rings is 1. The van der Waals surface area contributed by atoms with Crippen LogP contribution in [0.2, 0.25) is 0 Å². The summed E-state index contributed by atoms with van der Waals surface area (Å²) < 4.78 is 5.19. The number of carbonyl (C=O) groups excluding carboxylic acids is 1. The zero-order valence-electron chi connectivity index (χ0n) is 10.8. The lowest BCUT2D eigenvalue weighted by atomic mass is 10.3. The zero-order chi connectivity index (χ0) is 13.8. The summed E-state index contributed by atoms with van der Waals surface area (Å²) in [5.74, 6) is 0.741. The Bertz CT molecular complexity index is 670. The van der Waals surface area contributed by atoms with Gasteiger partial charge < -0.3 is 9.73 Å². The molecule has 1 N–H and O–H groups in total. The van der Waals surface area contributed by atoms with Crippen molar-refractivity contribution in [2.24, 2.45) is 0 Å². The van der Waals surface area contributed by atoms with Crippen LogP contribution in [0.3, 0.4) is 0 Å². The first-order valence-electron chi connectivity index (χ1n) is 6.40. The highest BCUT2D eigenvalue weighted by Crippen LogP contribution is 2.06. The molecule has 20 heavy (non-hydrogen) atoms. The van der Waals surface area contributed by atoms with Gasteiger partial charge in [0.05, 0.1) is 6.26 Å². The number of hydrogen-bond donors (Lipinski definition) is 1. The van der Waals surface area contributed by atoms with Gasteiger partial charge in [0.15, 0.2) is 0 Å². The molecule has 1 aromatic carbocycles. The van der Waals surface area contributed by atoms with Gasteiger partial charge in [-0.25, -0.2) is 0 Å². The van der Waals surface area contributed by atoms with Gasteiger partial charge in [-0.3, -0.25) is 4.79 Å². The molecule has 0 aliphatic heterocycles. The van der Waals surface area contributed by atoms with Gasteiger partial charge in [-0.1, -0.05) is 12.1 Å². The predicted molar refractivity (Wildman–Crippen MR) is 72.9 cm³/mol. The maximum atomic E-state index is 11.8. The fraction of sp³-hybridized carbons (Fsp3) is 0.214. The van der Waals surface area contributed by atoms with Crippen molar-refractivity contribution in [3.8, 4) is 0 Å². The van der Waals surface area contributed by atoms with Crippen molar-refractivity contribution in [2.45, 2.75) is 13.0 Å². The monoisotopic (exact) mass is 270 g/mol. The number of nitrogens with one attached hydrogen (secondary N) is 1. The molecule has 102 valence electrons. The van der Waals surface area contributed by atoms with Crippen molar-refractivity contribution in [3.05, 3.63) is 48.4 Å². The fourth-order valence-corrected chi connectivity index (χ4v) is 1.94. The first-order valence-corrected chi connectivity index (χ1v) is 6.40. The van der Waals surface area contributed by atoms with Crippen LogP contribution < -0.4 is 5.32 Å². The van der Waals surface area contributed by atoms with E-state index in [9.17, 15) is 4.79 Å². The molecule has 0 unspecified atom stereocenters. The molecule has 0 saturated carbocycles. The summed E-state index contributed by atoms with van der Waals surface area (Å²) in [7, 11) is 0. The molecule has 6 nitrogen and oxygen atoms in total. The molecule has 0 aliphatic rings. The lowest BCUT2D eigenvalue weighted by Gasteiger charge is -2.03. The maximum Gasteiger partial charge on any atom is 0.243 e. The molecule has 3 rings (SSSR count). The zero-order valence-corrected chi connectivity index (χ0v) is 10.8. The first-order chi connectivity index (χ1) is 9.81. The van der Waals surface area contributed by atoms with Crippen molar-refractivity contribution in [1.29, 1.82) is 0 Å². The summed E-state index contributed by atoms with van der Waals surface area (Å²) in [6, 6.07) is 11.2. The van der Waals surface area contributed by atoms with Gasteiger partial charge in [-0.05, 0) is 24.3 Å². The van der Waals surface area contributed by atoms with Gasteiger partial charge in [0.2, 0.25) is 5.91 Å². The van der Waals surface area contributed by atoms with Crippen LogP contribution >= 0.6 is 0 Å². The normalized spacial score (nSPS) is 10.8. The second-order valence-corrected chi connectivity index (χ2v) is 4.40. The average molecular weight is 270 g/mol. The minimum absolute atomic E-state index is 0.114. The maximum absolute atomic E-state index is 11.8. The van der Waals surface area contributed by atoms with Crippen LogP contribution in [-0.4, -0.2) is 27.4 Å². The lowest BCUT2D eigenvalue weighted by Crippen LogP contribution is -2.30. The van der Waals surface area contributed by atoms with Crippen LogP contribution in [0.1, 0.15) is 5.76 Å². The van der Waals surface area contributed by atoms with Gasteiger partial charge in [0, 0.05) is 13.0 Å². The van der Waals surface area contributed by atoms with Crippen LogP contribution in [-0.2, 0) is 17.8 Å². The smallest absolute Gasteiger partial charge is 0.243 e. The van der Waals surface area contributed by atoms with E-state index >= 15 is 0 Å². The van der Waals surface area contributed by atoms with E-state index in [1.807, 2.05) is 36.4 Å². The Hall–Kier alpha value is -2.63. The number of fused-ring (bicyclic) bond motifs is 1. The van der Waals surface area contributed by atoms with Gasteiger partial charge in [-0.2, -0.15) is 15.0 Å². The van der Waals surface area contributed by atoms with Crippen molar-refractivity contribution in [2.75, 3.05) is 6.54 Å². The molecule has 2 aromatic heterocycles. The predicted octanol–water partition coefficient (Wildman–Crippen LogP) is 1.38. The van der Waals surface area contributed by atoms with E-state index in [4.69, 9.17) is 4.42 Å². The molecule has 0 aliphatic carbocycles. The highest BCUT2D eigenvalue weighted by molar-refractivity contribution is 5.77. The largest absolute Gasteiger partial charge is 0.469 e. The van der Waals surface area contributed by atoms with Crippen LogP contribution in [0, 0.1) is 0 Å². The first kappa shape index (κ1) is 12.4. The van der Waals surface area contributed by atoms with E-state index in [0.717, 1.165) is 16.8 Å². The van der Waals surface area contributed by atoms with Crippen molar-refractivity contribution >= 4 is 16.9 Å². The third kappa shape index (κ3) is 2.85. The molecule has 0 radical (unpaired) electrons. The summed E-state index contributed by atoms with van der Waals surface area (Å²) in [6.45, 7) is 0.653. The molecule has 0 atom stereocenters. The molecule has 6 heteroatoms. The Morgan fingerprint density at radius 3 is 2.55 bits per heavy atom. The van der Waals surface area contributed by atoms with Gasteiger partial charge in [0.1, 0.15) is 23.3 Å². The number of carbonyl (C=O) groups is 1. The van der Waals surface area contributed by atoms with E-state index in [1.165, 1.54) is 4.80 Å². The van der Waals surface area contributed by atoms with E-state index in [0.29, 0.717) is 13.0 Å². The van der Waals surface area contributed by atoms with Crippen molar-refractivity contribution in [1.82, 2.24) is 20.3 Å². The lowest BCUT2D eigenvalue weighted by molar-refractivity contribution is -0.122. The molecule has 0 spiro atoms. The van der Waals surface area contributed by atoms with Crippen molar-refractivity contribution in [3.63, 3.8) is 0 Å². The molecule has 0 bridgehead atoms. The second kappa shape index (κ2) is 5.56. The number of nitrogens with zero attached hydrogens (tertiary/aromatic N) is 3. The second-order valence-electron chi connectivity index (χ2n) is 4.40. The summed E-state index contributed by atoms with van der Waals surface area (Å²) >= 11 is 0. The third-order valence-corrected chi connectivity index (χ3v) is 2.89. The molecular weight excluding hydrogens is 256 g/mol. The Labute approximate surface area is 115 Å². The number of aromatic nitrogens is 3. The van der Waals surface area contributed by atoms with Gasteiger partial charge in [0.25, 0.3) is 0 Å². The summed E-state index contributed by atoms with van der Waals surface area (Å²) in [4.78, 5) is 13.2. The minimum Gasteiger partial charge on any atom is -0.469 e. The standard InChI is InChI=1S/C14H14N4O2/c19-14(15-8-7-11-4-3-9-20-11)10-18-16-12-5-1-2-6-13(12)17-18/h1-6,9H,7-8,10H2,(H,15,19). The van der Waals surface area contributed by atoms with Gasteiger partial charge in [-0.15, -0.1) is 0 Å². The van der Waals surface area contributed by atoms with Crippen LogP contribution in [0.15, 0.2) is 47.1 Å². The van der Waals surface area contributed by atoms with Crippen LogP contribution in [0.5, 0.6) is 0 Å². The molecular formula is C14H14N4O2. The Morgan fingerprint density at radius 1 is 1.15 bits per heavy atom. The number of hydrogen-bond acceptors (Lipinski definition) is 4. The summed E-state index contributed by atoms with van der Waals surface area (Å²) in [5.41, 5.74) is 1.58. The number of amides is 1. The molecule has 0 fully saturated rings. The third-order valence-electron chi connectivity index (χ3n) is 2.89. The van der Waals surface area contributed by atoms with E-state index < -0.39 is 0 Å². The highest BCUT2D eigenvalue weighted by Gasteiger charge is 2.06. The van der Waals surface area contributed by atoms with Gasteiger partial charge >= 0.3 is 0 Å². The molecule has 1 amide bonds. The van der Waals surface area contributed by atoms with Crippen LogP contribution in [0.25, 0.3) is 11.0 Å². The van der Waals surface area contributed by atoms with E-state index in [-0.39, 0.29) is 12.5 Å². The Kier molecular flexibility index (Phi) is 3.45. The Morgan fingerprint density at radius 2 is 1.90 bits per heavy atom. The van der Waals surface area contributed by atoms with E-state index in [1.54, 1.807) is 6.26 Å².